The van der Waals surface area contributed by atoms with Crippen molar-refractivity contribution in [1.29, 1.82) is 0 Å². The van der Waals surface area contributed by atoms with Crippen LogP contribution in [0.15, 0.2) is 53.2 Å². The van der Waals surface area contributed by atoms with Crippen LogP contribution in [-0.4, -0.2) is 83.7 Å². The molecule has 45 heavy (non-hydrogen) atoms. The van der Waals surface area contributed by atoms with E-state index in [2.05, 4.69) is 20.4 Å². The van der Waals surface area contributed by atoms with Gasteiger partial charge in [-0.1, -0.05) is 28.1 Å². The van der Waals surface area contributed by atoms with Gasteiger partial charge in [0.15, 0.2) is 29.8 Å². The van der Waals surface area contributed by atoms with Gasteiger partial charge in [0.2, 0.25) is 6.10 Å². The van der Waals surface area contributed by atoms with E-state index in [0.29, 0.717) is 5.57 Å². The van der Waals surface area contributed by atoms with Crippen molar-refractivity contribution < 1.29 is 43.6 Å². The van der Waals surface area contributed by atoms with E-state index in [1.54, 1.807) is 41.4 Å². The van der Waals surface area contributed by atoms with Crippen LogP contribution in [0, 0.1) is 0 Å². The van der Waals surface area contributed by atoms with Crippen molar-refractivity contribution in [2.75, 3.05) is 11.5 Å². The standard InChI is InChI=1S/C26H23ClN8O8S2/c1-10(24(39)40)43-33-16(15-19(27)45-26(29)32-15)21(37)31-17-22(38)35-18(25(41)42)13(9-44-23(17)35)8-34-4-2-11(3-5-34)12-6-14(20(28)36)30-7-12/h2-7,10,17,23H,8-9H2,1H3,(H7,28,29,31,32,36,37,39,40,41,42)/p+1/t10-,17+,23?/m0/s1. The molecule has 1 fully saturated rings. The largest absolute Gasteiger partial charge is 0.478 e. The van der Waals surface area contributed by atoms with Crippen LogP contribution < -0.4 is 21.4 Å². The minimum Gasteiger partial charge on any atom is -0.478 e. The topological polar surface area (TPSA) is 247 Å². The lowest BCUT2D eigenvalue weighted by Crippen LogP contribution is -2.71. The van der Waals surface area contributed by atoms with Gasteiger partial charge in [-0.25, -0.2) is 19.1 Å². The smallest absolute Gasteiger partial charge is 0.352 e. The van der Waals surface area contributed by atoms with E-state index in [0.717, 1.165) is 27.4 Å². The van der Waals surface area contributed by atoms with Crippen molar-refractivity contribution in [3.05, 3.63) is 63.8 Å². The molecule has 16 nitrogen and oxygen atoms in total. The fourth-order valence-electron chi connectivity index (χ4n) is 4.53. The molecular formula is C26H24ClN8O8S2+. The van der Waals surface area contributed by atoms with Gasteiger partial charge >= 0.3 is 11.9 Å². The highest BCUT2D eigenvalue weighted by atomic mass is 35.5. The van der Waals surface area contributed by atoms with Crippen molar-refractivity contribution in [1.82, 2.24) is 20.2 Å². The number of hydrogen-bond acceptors (Lipinski definition) is 11. The van der Waals surface area contributed by atoms with E-state index in [1.807, 2.05) is 0 Å². The van der Waals surface area contributed by atoms with Crippen molar-refractivity contribution in [2.24, 2.45) is 10.9 Å². The Bertz CT molecular complexity index is 1790. The first-order valence-electron chi connectivity index (χ1n) is 12.9. The molecule has 0 aliphatic carbocycles. The number of aliphatic carboxylic acids is 2. The molecule has 8 N–H and O–H groups in total. The number of hydrogen-bond donors (Lipinski definition) is 6. The molecule has 3 aromatic heterocycles. The number of H-pyrrole nitrogens is 1. The summed E-state index contributed by atoms with van der Waals surface area (Å²) in [5.41, 5.74) is 12.4. The lowest BCUT2D eigenvalue weighted by Gasteiger charge is -2.49. The Morgan fingerprint density at radius 3 is 2.58 bits per heavy atom. The number of nitrogen functional groups attached to an aromatic ring is 1. The van der Waals surface area contributed by atoms with E-state index in [9.17, 15) is 29.1 Å². The fraction of sp³-hybridized carbons (Fsp3) is 0.231. The number of β-lactam (4-membered cyclic amide) rings is 1. The highest BCUT2D eigenvalue weighted by Crippen LogP contribution is 2.40. The zero-order valence-corrected chi connectivity index (χ0v) is 25.5. The summed E-state index contributed by atoms with van der Waals surface area (Å²) in [6.07, 6.45) is 3.70. The Balaban J connectivity index is 1.33. The quantitative estimate of drug-likeness (QED) is 0.0702. The summed E-state index contributed by atoms with van der Waals surface area (Å²) in [4.78, 5) is 74.2. The van der Waals surface area contributed by atoms with Crippen LogP contribution in [0.25, 0.3) is 11.1 Å². The molecule has 0 spiro atoms. The number of thioether (sulfide) groups is 1. The second-order valence-electron chi connectivity index (χ2n) is 9.74. The molecule has 0 saturated carbocycles. The average Bonchev–Trinajstić information content (AvgIpc) is 3.62. The molecular weight excluding hydrogens is 652 g/mol. The van der Waals surface area contributed by atoms with E-state index < -0.39 is 52.9 Å². The molecule has 19 heteroatoms. The number of aromatic amines is 1. The third kappa shape index (κ3) is 6.33. The third-order valence-electron chi connectivity index (χ3n) is 6.77. The van der Waals surface area contributed by atoms with Gasteiger partial charge in [-0.15, -0.1) is 11.8 Å². The first-order valence-corrected chi connectivity index (χ1v) is 15.2. The van der Waals surface area contributed by atoms with Crippen LogP contribution in [0.3, 0.4) is 0 Å². The van der Waals surface area contributed by atoms with Crippen LogP contribution in [0.2, 0.25) is 4.34 Å². The number of anilines is 1. The first kappa shape index (κ1) is 31.5. The maximum absolute atomic E-state index is 13.3. The summed E-state index contributed by atoms with van der Waals surface area (Å²) in [6, 6.07) is 4.07. The number of fused-ring (bicyclic) bond motifs is 1. The van der Waals surface area contributed by atoms with E-state index in [-0.39, 0.29) is 38.9 Å². The minimum absolute atomic E-state index is 0.00785. The molecule has 2 aliphatic heterocycles. The Morgan fingerprint density at radius 2 is 2.00 bits per heavy atom. The maximum atomic E-state index is 13.3. The first-order chi connectivity index (χ1) is 21.3. The average molecular weight is 676 g/mol. The Hall–Kier alpha value is -4.94. The summed E-state index contributed by atoms with van der Waals surface area (Å²) in [6.45, 7) is 1.36. The summed E-state index contributed by atoms with van der Waals surface area (Å²) < 4.78 is 1.73. The molecule has 3 atom stereocenters. The van der Waals surface area contributed by atoms with Gasteiger partial charge in [0.1, 0.15) is 32.8 Å². The zero-order valence-electron chi connectivity index (χ0n) is 23.1. The number of carbonyl (C=O) groups excluding carboxylic acids is 3. The fourth-order valence-corrected chi connectivity index (χ4v) is 6.79. The van der Waals surface area contributed by atoms with Crippen LogP contribution in [0.4, 0.5) is 5.13 Å². The number of oxime groups is 1. The van der Waals surface area contributed by atoms with Crippen molar-refractivity contribution in [3.8, 4) is 11.1 Å². The SMILES string of the molecule is C[C@H](ON=C(C(=O)N[C@@H]1C(=O)N2C(C(=O)O)=C(C[n+]3ccc(-c4c[nH]c(C(N)=O)c4)cc3)CSC12)c1nc(N)sc1Cl)C(=O)O. The number of primary amides is 1. The van der Waals surface area contributed by atoms with Crippen molar-refractivity contribution in [3.63, 3.8) is 0 Å². The van der Waals surface area contributed by atoms with Gasteiger partial charge in [0.25, 0.3) is 17.7 Å². The van der Waals surface area contributed by atoms with Gasteiger partial charge in [0, 0.05) is 35.2 Å². The number of aromatic nitrogens is 3. The van der Waals surface area contributed by atoms with Crippen LogP contribution in [0.5, 0.6) is 0 Å². The third-order valence-corrected chi connectivity index (χ3v) is 9.20. The molecule has 5 rings (SSSR count). The van der Waals surface area contributed by atoms with Crippen LogP contribution >= 0.6 is 34.7 Å². The number of thiazole rings is 1. The molecule has 2 aliphatic rings. The summed E-state index contributed by atoms with van der Waals surface area (Å²) >= 11 is 8.25. The Labute approximate surface area is 266 Å². The number of nitrogens with one attached hydrogen (secondary N) is 2. The molecule has 234 valence electrons. The van der Waals surface area contributed by atoms with Gasteiger partial charge in [-0.2, -0.15) is 0 Å². The highest BCUT2D eigenvalue weighted by Gasteiger charge is 2.55. The molecule has 1 saturated heterocycles. The number of amides is 3. The molecule has 3 aromatic rings. The highest BCUT2D eigenvalue weighted by molar-refractivity contribution is 8.00. The predicted molar refractivity (Wildman–Crippen MR) is 161 cm³/mol. The normalized spacial score (nSPS) is 18.6. The van der Waals surface area contributed by atoms with Gasteiger partial charge in [-0.3, -0.25) is 19.3 Å². The van der Waals surface area contributed by atoms with Crippen LogP contribution in [0.1, 0.15) is 23.1 Å². The van der Waals surface area contributed by atoms with Gasteiger partial charge in [0.05, 0.1) is 0 Å². The van der Waals surface area contributed by atoms with E-state index in [1.165, 1.54) is 18.7 Å². The molecule has 0 bridgehead atoms. The molecule has 1 unspecified atom stereocenters. The van der Waals surface area contributed by atoms with Gasteiger partial charge in [-0.05, 0) is 18.6 Å². The molecule has 3 amide bonds. The second-order valence-corrected chi connectivity index (χ2v) is 12.5. The summed E-state index contributed by atoms with van der Waals surface area (Å²) in [5.74, 6) is -4.62. The molecule has 0 radical (unpaired) electrons. The second kappa shape index (κ2) is 12.6. The van der Waals surface area contributed by atoms with E-state index in [4.69, 9.17) is 33.0 Å². The lowest BCUT2D eigenvalue weighted by atomic mass is 10.0. The van der Waals surface area contributed by atoms with Crippen LogP contribution in [-0.2, 0) is 30.6 Å². The summed E-state index contributed by atoms with van der Waals surface area (Å²) in [5, 5.41) is 24.6. The number of rotatable bonds is 11. The monoisotopic (exact) mass is 675 g/mol. The van der Waals surface area contributed by atoms with Crippen molar-refractivity contribution >= 4 is 75.2 Å². The van der Waals surface area contributed by atoms with Crippen molar-refractivity contribution in [2.45, 2.75) is 31.0 Å². The number of nitrogens with two attached hydrogens (primary N) is 2. The molecule has 0 aromatic carbocycles. The lowest BCUT2D eigenvalue weighted by molar-refractivity contribution is -0.689. The number of nitrogens with zero attached hydrogens (tertiary/aromatic N) is 4. The number of pyridine rings is 1. The number of carbonyl (C=O) groups is 5. The Morgan fingerprint density at radius 1 is 1.29 bits per heavy atom. The molecule has 5 heterocycles. The minimum atomic E-state index is -1.42. The zero-order chi connectivity index (χ0) is 32.6. The van der Waals surface area contributed by atoms with E-state index >= 15 is 0 Å². The Kier molecular flexibility index (Phi) is 8.80. The maximum Gasteiger partial charge on any atom is 0.352 e. The number of halogens is 1. The van der Waals surface area contributed by atoms with Gasteiger partial charge < -0.3 is 36.8 Å². The number of carboxylic acids is 2. The summed E-state index contributed by atoms with van der Waals surface area (Å²) in [7, 11) is 0. The predicted octanol–water partition coefficient (Wildman–Crippen LogP) is 0.393. The number of carboxylic acid groups (broad SMARTS) is 2.